The smallest absolute Gasteiger partial charge is 0.170 e. The minimum atomic E-state index is -0.867. The summed E-state index contributed by atoms with van der Waals surface area (Å²) < 4.78 is 0. The lowest BCUT2D eigenvalue weighted by atomic mass is 9.73. The van der Waals surface area contributed by atoms with E-state index in [4.69, 9.17) is 0 Å². The molecule has 1 aliphatic carbocycles. The lowest BCUT2D eigenvalue weighted by Gasteiger charge is -2.35. The molecule has 1 aromatic carbocycles. The summed E-state index contributed by atoms with van der Waals surface area (Å²) in [4.78, 5) is 15.8. The second-order valence-electron chi connectivity index (χ2n) is 5.77. The summed E-state index contributed by atoms with van der Waals surface area (Å²) in [6.45, 7) is 1.80. The van der Waals surface area contributed by atoms with Gasteiger partial charge in [-0.3, -0.25) is 4.79 Å². The van der Waals surface area contributed by atoms with Crippen LogP contribution in [0.5, 0.6) is 0 Å². The minimum absolute atomic E-state index is 0.0714. The van der Waals surface area contributed by atoms with Gasteiger partial charge in [0.25, 0.3) is 0 Å². The van der Waals surface area contributed by atoms with Crippen molar-refractivity contribution >= 4 is 16.7 Å². The predicted molar refractivity (Wildman–Crippen MR) is 75.2 cm³/mol. The van der Waals surface area contributed by atoms with Crippen molar-refractivity contribution in [2.24, 2.45) is 5.92 Å². The predicted octanol–water partition coefficient (Wildman–Crippen LogP) is 3.29. The van der Waals surface area contributed by atoms with E-state index in [0.717, 1.165) is 30.2 Å². The summed E-state index contributed by atoms with van der Waals surface area (Å²) in [7, 11) is 0. The van der Waals surface area contributed by atoms with Gasteiger partial charge in [-0.1, -0.05) is 31.0 Å². The van der Waals surface area contributed by atoms with Crippen LogP contribution in [0.2, 0.25) is 0 Å². The molecule has 0 unspecified atom stereocenters. The maximum atomic E-state index is 12.7. The van der Waals surface area contributed by atoms with E-state index in [1.165, 1.54) is 0 Å². The van der Waals surface area contributed by atoms with Gasteiger partial charge in [-0.2, -0.15) is 0 Å². The topological polar surface area (TPSA) is 53.1 Å². The van der Waals surface area contributed by atoms with Crippen LogP contribution in [0.3, 0.4) is 0 Å². The number of fused-ring (bicyclic) bond motifs is 1. The van der Waals surface area contributed by atoms with Gasteiger partial charge >= 0.3 is 0 Å². The lowest BCUT2D eigenvalue weighted by Crippen LogP contribution is -2.42. The molecule has 0 amide bonds. The number of hydrogen-bond acceptors (Lipinski definition) is 2. The van der Waals surface area contributed by atoms with Crippen LogP contribution in [-0.2, 0) is 0 Å². The van der Waals surface area contributed by atoms with Gasteiger partial charge < -0.3 is 10.1 Å². The van der Waals surface area contributed by atoms with E-state index in [1.807, 2.05) is 24.3 Å². The Labute approximate surface area is 112 Å². The van der Waals surface area contributed by atoms with Crippen molar-refractivity contribution in [2.75, 3.05) is 0 Å². The largest absolute Gasteiger partial charge is 0.389 e. The number of carbonyl (C=O) groups excluding carboxylic acids is 1. The van der Waals surface area contributed by atoms with Crippen molar-refractivity contribution in [1.82, 2.24) is 4.98 Å². The number of aromatic nitrogens is 1. The third kappa shape index (κ3) is 2.08. The molecule has 3 heteroatoms. The highest BCUT2D eigenvalue weighted by atomic mass is 16.3. The molecule has 1 aliphatic rings. The molecule has 1 heterocycles. The summed E-state index contributed by atoms with van der Waals surface area (Å²) in [5, 5.41) is 11.4. The third-order valence-corrected chi connectivity index (χ3v) is 4.35. The van der Waals surface area contributed by atoms with Gasteiger partial charge in [0.2, 0.25) is 0 Å². The number of aliphatic hydroxyl groups is 1. The van der Waals surface area contributed by atoms with Gasteiger partial charge in [0, 0.05) is 22.7 Å². The molecule has 0 spiro atoms. The van der Waals surface area contributed by atoms with Gasteiger partial charge in [0.05, 0.1) is 11.5 Å². The summed E-state index contributed by atoms with van der Waals surface area (Å²) in [5.74, 6) is -0.206. The van der Waals surface area contributed by atoms with E-state index in [-0.39, 0.29) is 11.7 Å². The second-order valence-corrected chi connectivity index (χ2v) is 5.77. The third-order valence-electron chi connectivity index (χ3n) is 4.35. The van der Waals surface area contributed by atoms with Crippen LogP contribution in [0.1, 0.15) is 43.0 Å². The van der Waals surface area contributed by atoms with Crippen LogP contribution in [0.4, 0.5) is 0 Å². The fraction of sp³-hybridized carbons (Fsp3) is 0.438. The normalized spacial score (nSPS) is 27.6. The Morgan fingerprint density at radius 3 is 2.95 bits per heavy atom. The quantitative estimate of drug-likeness (QED) is 0.811. The summed E-state index contributed by atoms with van der Waals surface area (Å²) >= 11 is 0. The molecule has 3 nitrogen and oxygen atoms in total. The zero-order chi connectivity index (χ0) is 13.5. The number of H-pyrrole nitrogens is 1. The molecule has 0 saturated heterocycles. The fourth-order valence-electron chi connectivity index (χ4n) is 3.19. The molecule has 0 radical (unpaired) electrons. The lowest BCUT2D eigenvalue weighted by molar-refractivity contribution is -0.0210. The van der Waals surface area contributed by atoms with E-state index in [9.17, 15) is 9.90 Å². The maximum Gasteiger partial charge on any atom is 0.170 e. The summed E-state index contributed by atoms with van der Waals surface area (Å²) in [6.07, 6.45) is 5.30. The molecule has 0 bridgehead atoms. The van der Waals surface area contributed by atoms with Crippen molar-refractivity contribution in [3.63, 3.8) is 0 Å². The van der Waals surface area contributed by atoms with Crippen molar-refractivity contribution in [3.05, 3.63) is 36.0 Å². The molecule has 1 saturated carbocycles. The fourth-order valence-corrected chi connectivity index (χ4v) is 3.19. The van der Waals surface area contributed by atoms with E-state index in [0.29, 0.717) is 12.0 Å². The molecular weight excluding hydrogens is 238 g/mol. The zero-order valence-electron chi connectivity index (χ0n) is 11.1. The number of ketones is 1. The van der Waals surface area contributed by atoms with Crippen molar-refractivity contribution in [3.8, 4) is 0 Å². The average Bonchev–Trinajstić information content (AvgIpc) is 2.81. The highest BCUT2D eigenvalue weighted by Crippen LogP contribution is 2.36. The number of hydrogen-bond donors (Lipinski definition) is 2. The Bertz CT molecular complexity index is 612. The Kier molecular flexibility index (Phi) is 2.94. The maximum absolute atomic E-state index is 12.7. The Morgan fingerprint density at radius 1 is 1.37 bits per heavy atom. The van der Waals surface area contributed by atoms with Crippen molar-refractivity contribution in [1.29, 1.82) is 0 Å². The highest BCUT2D eigenvalue weighted by Gasteiger charge is 2.40. The molecular formula is C16H19NO2. The van der Waals surface area contributed by atoms with Crippen molar-refractivity contribution < 1.29 is 9.90 Å². The summed E-state index contributed by atoms with van der Waals surface area (Å²) in [5.41, 5.74) is 0.817. The summed E-state index contributed by atoms with van der Waals surface area (Å²) in [6, 6.07) is 7.80. The van der Waals surface area contributed by atoms with E-state index in [2.05, 4.69) is 4.98 Å². The van der Waals surface area contributed by atoms with Crippen LogP contribution in [-0.4, -0.2) is 21.5 Å². The molecule has 3 rings (SSSR count). The van der Waals surface area contributed by atoms with Gasteiger partial charge in [0.1, 0.15) is 0 Å². The molecule has 1 fully saturated rings. The van der Waals surface area contributed by atoms with Gasteiger partial charge in [-0.15, -0.1) is 0 Å². The zero-order valence-corrected chi connectivity index (χ0v) is 11.1. The average molecular weight is 257 g/mol. The first-order valence-electron chi connectivity index (χ1n) is 6.92. The van der Waals surface area contributed by atoms with Crippen LogP contribution >= 0.6 is 0 Å². The number of para-hydroxylation sites is 1. The Hall–Kier alpha value is -1.61. The van der Waals surface area contributed by atoms with Gasteiger partial charge in [0.15, 0.2) is 5.78 Å². The molecule has 2 aromatic rings. The Balaban J connectivity index is 1.99. The number of benzene rings is 1. The SMILES string of the molecule is C[C@]1(O)CCCC[C@H]1C(=O)c1c[nH]c2ccccc12. The number of nitrogens with one attached hydrogen (secondary N) is 1. The molecule has 19 heavy (non-hydrogen) atoms. The van der Waals surface area contributed by atoms with Crippen molar-refractivity contribution in [2.45, 2.75) is 38.2 Å². The molecule has 100 valence electrons. The molecule has 2 atom stereocenters. The van der Waals surface area contributed by atoms with E-state index in [1.54, 1.807) is 13.1 Å². The Morgan fingerprint density at radius 2 is 2.16 bits per heavy atom. The van der Waals surface area contributed by atoms with E-state index >= 15 is 0 Å². The second kappa shape index (κ2) is 4.49. The van der Waals surface area contributed by atoms with Gasteiger partial charge in [-0.05, 0) is 25.8 Å². The van der Waals surface area contributed by atoms with E-state index < -0.39 is 5.60 Å². The monoisotopic (exact) mass is 257 g/mol. The van der Waals surface area contributed by atoms with Crippen LogP contribution in [0.15, 0.2) is 30.5 Å². The first kappa shape index (κ1) is 12.4. The van der Waals surface area contributed by atoms with Crippen LogP contribution in [0, 0.1) is 5.92 Å². The standard InChI is InChI=1S/C16H19NO2/c1-16(19)9-5-4-7-13(16)15(18)12-10-17-14-8-3-2-6-11(12)14/h2-3,6,8,10,13,17,19H,4-5,7,9H2,1H3/t13-,16-/m0/s1. The number of carbonyl (C=O) groups is 1. The van der Waals surface area contributed by atoms with Crippen LogP contribution in [0.25, 0.3) is 10.9 Å². The highest BCUT2D eigenvalue weighted by molar-refractivity contribution is 6.09. The first-order valence-corrected chi connectivity index (χ1v) is 6.92. The van der Waals surface area contributed by atoms with Crippen LogP contribution < -0.4 is 0 Å². The first-order chi connectivity index (χ1) is 9.09. The number of aromatic amines is 1. The molecule has 1 aromatic heterocycles. The molecule has 0 aliphatic heterocycles. The molecule has 2 N–H and O–H groups in total. The number of rotatable bonds is 2. The minimum Gasteiger partial charge on any atom is -0.389 e. The van der Waals surface area contributed by atoms with Gasteiger partial charge in [-0.25, -0.2) is 0 Å². The number of Topliss-reactive ketones (excluding diaryl/α,β-unsaturated/α-hetero) is 1.